The van der Waals surface area contributed by atoms with Crippen LogP contribution in [0.1, 0.15) is 51.8 Å². The Morgan fingerprint density at radius 2 is 2.00 bits per heavy atom. The SMILES string of the molecule is CCCn1nnnc1CN(C)C1CCC(C)CC1. The van der Waals surface area contributed by atoms with E-state index in [0.717, 1.165) is 31.3 Å². The van der Waals surface area contributed by atoms with E-state index < -0.39 is 0 Å². The van der Waals surface area contributed by atoms with Crippen LogP contribution in [0.2, 0.25) is 0 Å². The van der Waals surface area contributed by atoms with Crippen molar-refractivity contribution in [2.45, 2.75) is 65.1 Å². The van der Waals surface area contributed by atoms with Gasteiger partial charge in [-0.3, -0.25) is 4.90 Å². The highest BCUT2D eigenvalue weighted by Crippen LogP contribution is 2.26. The maximum atomic E-state index is 4.14. The molecular formula is C13H25N5. The summed E-state index contributed by atoms with van der Waals surface area (Å²) in [5, 5.41) is 12.0. The summed E-state index contributed by atoms with van der Waals surface area (Å²) >= 11 is 0. The Kier molecular flexibility index (Phi) is 4.69. The molecule has 1 aromatic rings. The summed E-state index contributed by atoms with van der Waals surface area (Å²) in [6, 6.07) is 0.702. The first kappa shape index (κ1) is 13.5. The van der Waals surface area contributed by atoms with Crippen molar-refractivity contribution in [2.24, 2.45) is 5.92 Å². The lowest BCUT2D eigenvalue weighted by molar-refractivity contribution is 0.158. The first-order chi connectivity index (χ1) is 8.70. The van der Waals surface area contributed by atoms with Crippen LogP contribution in [0.5, 0.6) is 0 Å². The maximum absolute atomic E-state index is 4.14. The molecule has 2 rings (SSSR count). The summed E-state index contributed by atoms with van der Waals surface area (Å²) in [4.78, 5) is 2.42. The van der Waals surface area contributed by atoms with Gasteiger partial charge in [0.15, 0.2) is 5.82 Å². The molecule has 0 radical (unpaired) electrons. The van der Waals surface area contributed by atoms with Gasteiger partial charge in [0.05, 0.1) is 6.54 Å². The van der Waals surface area contributed by atoms with Gasteiger partial charge in [-0.25, -0.2) is 4.68 Å². The normalized spacial score (nSPS) is 24.7. The standard InChI is InChI=1S/C13H25N5/c1-4-9-18-13(14-15-16-18)10-17(3)12-7-5-11(2)6-8-12/h11-12H,4-10H2,1-3H3. The molecule has 1 saturated carbocycles. The number of hydrogen-bond donors (Lipinski definition) is 0. The molecule has 0 atom stereocenters. The van der Waals surface area contributed by atoms with E-state index in [4.69, 9.17) is 0 Å². The molecule has 18 heavy (non-hydrogen) atoms. The van der Waals surface area contributed by atoms with Gasteiger partial charge in [0.1, 0.15) is 0 Å². The molecule has 0 bridgehead atoms. The number of rotatable bonds is 5. The number of aromatic nitrogens is 4. The quantitative estimate of drug-likeness (QED) is 0.804. The second-order valence-corrected chi connectivity index (χ2v) is 5.65. The Morgan fingerprint density at radius 1 is 1.28 bits per heavy atom. The topological polar surface area (TPSA) is 46.8 Å². The van der Waals surface area contributed by atoms with Gasteiger partial charge in [-0.2, -0.15) is 0 Å². The molecule has 1 aliphatic carbocycles. The predicted molar refractivity (Wildman–Crippen MR) is 71.0 cm³/mol. The van der Waals surface area contributed by atoms with Gasteiger partial charge >= 0.3 is 0 Å². The first-order valence-electron chi connectivity index (χ1n) is 7.16. The average Bonchev–Trinajstić information content (AvgIpc) is 2.78. The Hall–Kier alpha value is -0.970. The van der Waals surface area contributed by atoms with Crippen LogP contribution in [-0.4, -0.2) is 38.2 Å². The van der Waals surface area contributed by atoms with Gasteiger partial charge in [0, 0.05) is 12.6 Å². The maximum Gasteiger partial charge on any atom is 0.165 e. The molecule has 0 N–H and O–H groups in total. The third-order valence-electron chi connectivity index (χ3n) is 4.04. The number of tetrazole rings is 1. The molecular weight excluding hydrogens is 226 g/mol. The zero-order valence-electron chi connectivity index (χ0n) is 11.8. The van der Waals surface area contributed by atoms with Crippen LogP contribution in [0.25, 0.3) is 0 Å². The van der Waals surface area contributed by atoms with Crippen molar-refractivity contribution in [1.82, 2.24) is 25.1 Å². The Bertz CT molecular complexity index is 354. The van der Waals surface area contributed by atoms with Crippen LogP contribution in [0.15, 0.2) is 0 Å². The Labute approximate surface area is 110 Å². The minimum Gasteiger partial charge on any atom is -0.296 e. The summed E-state index contributed by atoms with van der Waals surface area (Å²) in [5.41, 5.74) is 0. The van der Waals surface area contributed by atoms with Crippen molar-refractivity contribution in [3.63, 3.8) is 0 Å². The van der Waals surface area contributed by atoms with Crippen LogP contribution < -0.4 is 0 Å². The number of aryl methyl sites for hydroxylation is 1. The van der Waals surface area contributed by atoms with Gasteiger partial charge < -0.3 is 0 Å². The molecule has 1 aromatic heterocycles. The molecule has 1 fully saturated rings. The fourth-order valence-corrected chi connectivity index (χ4v) is 2.76. The second-order valence-electron chi connectivity index (χ2n) is 5.65. The van der Waals surface area contributed by atoms with Gasteiger partial charge in [0.2, 0.25) is 0 Å². The van der Waals surface area contributed by atoms with E-state index >= 15 is 0 Å². The van der Waals surface area contributed by atoms with Crippen LogP contribution >= 0.6 is 0 Å². The molecule has 0 saturated heterocycles. The zero-order chi connectivity index (χ0) is 13.0. The van der Waals surface area contributed by atoms with E-state index in [1.165, 1.54) is 25.7 Å². The largest absolute Gasteiger partial charge is 0.296 e. The zero-order valence-corrected chi connectivity index (χ0v) is 11.8. The Balaban J connectivity index is 1.90. The highest BCUT2D eigenvalue weighted by atomic mass is 15.5. The molecule has 0 spiro atoms. The summed E-state index contributed by atoms with van der Waals surface area (Å²) in [6.45, 7) is 6.29. The Morgan fingerprint density at radius 3 is 2.67 bits per heavy atom. The third kappa shape index (κ3) is 3.28. The van der Waals surface area contributed by atoms with Crippen molar-refractivity contribution in [3.05, 3.63) is 5.82 Å². The van der Waals surface area contributed by atoms with E-state index in [0.29, 0.717) is 6.04 Å². The van der Waals surface area contributed by atoms with E-state index in [9.17, 15) is 0 Å². The monoisotopic (exact) mass is 251 g/mol. The average molecular weight is 251 g/mol. The molecule has 5 heteroatoms. The number of hydrogen-bond acceptors (Lipinski definition) is 4. The fourth-order valence-electron chi connectivity index (χ4n) is 2.76. The van der Waals surface area contributed by atoms with E-state index in [1.807, 2.05) is 4.68 Å². The molecule has 1 heterocycles. The molecule has 1 aliphatic rings. The van der Waals surface area contributed by atoms with Crippen molar-refractivity contribution >= 4 is 0 Å². The molecule has 0 amide bonds. The number of nitrogens with zero attached hydrogens (tertiary/aromatic N) is 5. The second kappa shape index (κ2) is 6.27. The van der Waals surface area contributed by atoms with E-state index in [1.54, 1.807) is 0 Å². The van der Waals surface area contributed by atoms with Crippen molar-refractivity contribution in [3.8, 4) is 0 Å². The lowest BCUT2D eigenvalue weighted by atomic mass is 9.87. The van der Waals surface area contributed by atoms with Gasteiger partial charge in [0.25, 0.3) is 0 Å². The van der Waals surface area contributed by atoms with Crippen LogP contribution in [-0.2, 0) is 13.1 Å². The van der Waals surface area contributed by atoms with Crippen molar-refractivity contribution < 1.29 is 0 Å². The molecule has 0 aromatic carbocycles. The van der Waals surface area contributed by atoms with Crippen molar-refractivity contribution in [2.75, 3.05) is 7.05 Å². The minimum atomic E-state index is 0.702. The van der Waals surface area contributed by atoms with Crippen LogP contribution in [0.4, 0.5) is 0 Å². The highest BCUT2D eigenvalue weighted by molar-refractivity contribution is 4.84. The van der Waals surface area contributed by atoms with Crippen LogP contribution in [0.3, 0.4) is 0 Å². The van der Waals surface area contributed by atoms with Gasteiger partial charge in [-0.05, 0) is 55.5 Å². The molecule has 5 nitrogen and oxygen atoms in total. The van der Waals surface area contributed by atoms with Gasteiger partial charge in [-0.1, -0.05) is 13.8 Å². The predicted octanol–water partition coefficient (Wildman–Crippen LogP) is 2.09. The minimum absolute atomic E-state index is 0.702. The summed E-state index contributed by atoms with van der Waals surface area (Å²) in [7, 11) is 2.20. The van der Waals surface area contributed by atoms with Crippen LogP contribution in [0, 0.1) is 5.92 Å². The summed E-state index contributed by atoms with van der Waals surface area (Å²) in [5.74, 6) is 1.90. The van der Waals surface area contributed by atoms with E-state index in [-0.39, 0.29) is 0 Å². The molecule has 102 valence electrons. The lowest BCUT2D eigenvalue weighted by Crippen LogP contribution is -2.35. The third-order valence-corrected chi connectivity index (χ3v) is 4.04. The van der Waals surface area contributed by atoms with E-state index in [2.05, 4.69) is 41.3 Å². The molecule has 0 aliphatic heterocycles. The smallest absolute Gasteiger partial charge is 0.165 e. The highest BCUT2D eigenvalue weighted by Gasteiger charge is 2.22. The summed E-state index contributed by atoms with van der Waals surface area (Å²) < 4.78 is 1.93. The summed E-state index contributed by atoms with van der Waals surface area (Å²) in [6.07, 6.45) is 6.41. The van der Waals surface area contributed by atoms with Crippen molar-refractivity contribution in [1.29, 1.82) is 0 Å². The molecule has 0 unspecified atom stereocenters. The first-order valence-corrected chi connectivity index (χ1v) is 7.16. The lowest BCUT2D eigenvalue weighted by Gasteiger charge is -2.33. The fraction of sp³-hybridized carbons (Fsp3) is 0.923. The van der Waals surface area contributed by atoms with Gasteiger partial charge in [-0.15, -0.1) is 5.10 Å².